The van der Waals surface area contributed by atoms with Crippen molar-refractivity contribution in [3.8, 4) is 0 Å². The maximum Gasteiger partial charge on any atom is 0.280 e. The molecule has 0 unspecified atom stereocenters. The maximum absolute atomic E-state index is 15.5. The molecule has 0 saturated heterocycles. The highest BCUT2D eigenvalue weighted by atomic mass is 31.2. The molecule has 12 aliphatic carbocycles. The molecule has 5 heteroatoms. The number of nitrogens with one attached hydrogen (secondary N) is 3. The van der Waals surface area contributed by atoms with E-state index in [4.69, 9.17) is 0 Å². The summed E-state index contributed by atoms with van der Waals surface area (Å²) in [6.07, 6.45) is 24.7. The van der Waals surface area contributed by atoms with Gasteiger partial charge in [-0.15, -0.1) is 0 Å². The smallest absolute Gasteiger partial charge is 0.271 e. The molecule has 4 nitrogen and oxygen atoms in total. The van der Waals surface area contributed by atoms with Gasteiger partial charge in [0.15, 0.2) is 0 Å². The molecule has 0 atom stereocenters. The van der Waals surface area contributed by atoms with Gasteiger partial charge in [0.05, 0.1) is 0 Å². The van der Waals surface area contributed by atoms with Crippen molar-refractivity contribution in [3.63, 3.8) is 0 Å². The fourth-order valence-electron chi connectivity index (χ4n) is 13.8. The monoisotopic (exact) mass is 497 g/mol. The predicted molar refractivity (Wildman–Crippen MR) is 140 cm³/mol. The zero-order valence-electron chi connectivity index (χ0n) is 21.8. The lowest BCUT2D eigenvalue weighted by Crippen LogP contribution is -2.66. The molecule has 0 aromatic heterocycles. The van der Waals surface area contributed by atoms with Crippen molar-refractivity contribution in [1.82, 2.24) is 15.3 Å². The summed E-state index contributed by atoms with van der Waals surface area (Å²) in [4.78, 5) is 0. The highest BCUT2D eigenvalue weighted by Gasteiger charge is 2.59. The van der Waals surface area contributed by atoms with E-state index >= 15 is 4.57 Å². The molecule has 0 spiro atoms. The van der Waals surface area contributed by atoms with Gasteiger partial charge in [-0.1, -0.05) is 0 Å². The van der Waals surface area contributed by atoms with Crippen LogP contribution in [-0.2, 0) is 4.57 Å². The van der Waals surface area contributed by atoms with Crippen LogP contribution in [0.5, 0.6) is 0 Å². The fourth-order valence-corrected chi connectivity index (χ4v) is 16.8. The van der Waals surface area contributed by atoms with Crippen LogP contribution in [0.15, 0.2) is 0 Å². The Balaban J connectivity index is 1.06. The summed E-state index contributed by atoms with van der Waals surface area (Å²) < 4.78 is 15.5. The third kappa shape index (κ3) is 3.58. The van der Waals surface area contributed by atoms with E-state index in [0.717, 1.165) is 53.3 Å². The van der Waals surface area contributed by atoms with Crippen molar-refractivity contribution < 1.29 is 4.57 Å². The highest BCUT2D eigenvalue weighted by molar-refractivity contribution is 7.57. The van der Waals surface area contributed by atoms with Gasteiger partial charge >= 0.3 is 0 Å². The second-order valence-corrected chi connectivity index (χ2v) is 18.4. The van der Waals surface area contributed by atoms with E-state index in [-0.39, 0.29) is 16.6 Å². The second kappa shape index (κ2) is 7.19. The van der Waals surface area contributed by atoms with Gasteiger partial charge in [0.1, 0.15) is 0 Å². The number of hydrogen-bond acceptors (Lipinski definition) is 1. The van der Waals surface area contributed by atoms with Crippen LogP contribution in [0.25, 0.3) is 0 Å². The van der Waals surface area contributed by atoms with Gasteiger partial charge in [-0.05, 0) is 169 Å². The van der Waals surface area contributed by atoms with Gasteiger partial charge in [0, 0.05) is 16.6 Å². The summed E-state index contributed by atoms with van der Waals surface area (Å²) in [7, 11) is -2.92. The van der Waals surface area contributed by atoms with Gasteiger partial charge in [-0.25, -0.2) is 15.3 Å². The SMILES string of the molecule is O=P(NC12CC3CC(CC(C3)C1)C2)(NC12CC3CC(CC(C3)C1)C2)NC12CC3CC(CC(C3)C1)C2. The van der Waals surface area contributed by atoms with Gasteiger partial charge in [-0.3, -0.25) is 4.57 Å². The Morgan fingerprint density at radius 3 is 0.714 bits per heavy atom. The molecule has 194 valence electrons. The summed E-state index contributed by atoms with van der Waals surface area (Å²) in [5, 5.41) is 12.4. The van der Waals surface area contributed by atoms with Crippen LogP contribution in [-0.4, -0.2) is 16.6 Å². The van der Waals surface area contributed by atoms with E-state index in [0.29, 0.717) is 0 Å². The summed E-state index contributed by atoms with van der Waals surface area (Å²) in [5.74, 6) is 8.01. The normalized spacial score (nSPS) is 60.4. The molecule has 12 rings (SSSR count). The van der Waals surface area contributed by atoms with Crippen molar-refractivity contribution in [1.29, 1.82) is 0 Å². The average Bonchev–Trinajstić information content (AvgIpc) is 2.68. The van der Waals surface area contributed by atoms with Crippen molar-refractivity contribution in [2.45, 2.75) is 132 Å². The molecular weight excluding hydrogens is 449 g/mol. The summed E-state index contributed by atoms with van der Waals surface area (Å²) in [5.41, 5.74) is 0.401. The molecule has 12 aliphatic rings. The Labute approximate surface area is 212 Å². The molecule has 0 aliphatic heterocycles. The summed E-state index contributed by atoms with van der Waals surface area (Å²) in [6.45, 7) is 0. The number of hydrogen-bond donors (Lipinski definition) is 3. The lowest BCUT2D eigenvalue weighted by Gasteiger charge is -2.62. The van der Waals surface area contributed by atoms with E-state index in [1.54, 1.807) is 0 Å². The molecule has 12 fully saturated rings. The Hall–Kier alpha value is 0.110. The Morgan fingerprint density at radius 2 is 0.543 bits per heavy atom. The molecule has 0 aromatic rings. The van der Waals surface area contributed by atoms with Crippen LogP contribution in [0, 0.1) is 53.3 Å². The Bertz CT molecular complexity index is 735. The first-order valence-electron chi connectivity index (χ1n) is 15.8. The molecular formula is C30H48N3OP. The molecule has 0 radical (unpaired) electrons. The Morgan fingerprint density at radius 1 is 0.371 bits per heavy atom. The minimum Gasteiger partial charge on any atom is -0.271 e. The maximum atomic E-state index is 15.5. The fraction of sp³-hybridized carbons (Fsp3) is 1.00. The van der Waals surface area contributed by atoms with Crippen LogP contribution in [0.3, 0.4) is 0 Å². The third-order valence-electron chi connectivity index (χ3n) is 13.3. The molecule has 35 heavy (non-hydrogen) atoms. The molecule has 0 aromatic carbocycles. The molecule has 0 heterocycles. The Kier molecular flexibility index (Phi) is 4.52. The van der Waals surface area contributed by atoms with Crippen LogP contribution >= 0.6 is 7.59 Å². The van der Waals surface area contributed by atoms with Crippen LogP contribution < -0.4 is 15.3 Å². The van der Waals surface area contributed by atoms with Crippen molar-refractivity contribution >= 4 is 7.59 Å². The number of rotatable bonds is 6. The zero-order valence-corrected chi connectivity index (χ0v) is 22.7. The topological polar surface area (TPSA) is 53.2 Å². The third-order valence-corrected chi connectivity index (χ3v) is 15.7. The van der Waals surface area contributed by atoms with Crippen LogP contribution in [0.1, 0.15) is 116 Å². The quantitative estimate of drug-likeness (QED) is 0.355. The van der Waals surface area contributed by atoms with Crippen molar-refractivity contribution in [2.24, 2.45) is 53.3 Å². The van der Waals surface area contributed by atoms with Crippen LogP contribution in [0.2, 0.25) is 0 Å². The molecule has 12 bridgehead atoms. The van der Waals surface area contributed by atoms with E-state index in [1.807, 2.05) is 0 Å². The van der Waals surface area contributed by atoms with E-state index < -0.39 is 7.59 Å². The minimum absolute atomic E-state index is 0.134. The van der Waals surface area contributed by atoms with Crippen LogP contribution in [0.4, 0.5) is 0 Å². The second-order valence-electron chi connectivity index (χ2n) is 16.5. The first-order chi connectivity index (χ1) is 16.8. The lowest BCUT2D eigenvalue weighted by molar-refractivity contribution is -0.0213. The van der Waals surface area contributed by atoms with Gasteiger partial charge in [0.25, 0.3) is 7.59 Å². The van der Waals surface area contributed by atoms with Gasteiger partial charge < -0.3 is 0 Å². The first kappa shape index (κ1) is 22.0. The largest absolute Gasteiger partial charge is 0.280 e. The van der Waals surface area contributed by atoms with E-state index in [2.05, 4.69) is 15.3 Å². The van der Waals surface area contributed by atoms with Crippen molar-refractivity contribution in [3.05, 3.63) is 0 Å². The van der Waals surface area contributed by atoms with E-state index in [1.165, 1.54) is 116 Å². The minimum atomic E-state index is -2.92. The molecule has 0 amide bonds. The summed E-state index contributed by atoms with van der Waals surface area (Å²) in [6, 6.07) is 0. The lowest BCUT2D eigenvalue weighted by atomic mass is 9.53. The molecule has 12 saturated carbocycles. The average molecular weight is 498 g/mol. The van der Waals surface area contributed by atoms with Gasteiger partial charge in [0.2, 0.25) is 0 Å². The molecule has 3 N–H and O–H groups in total. The highest BCUT2D eigenvalue weighted by Crippen LogP contribution is 2.63. The standard InChI is InChI=1S/C30H48N3OP/c34-35(31-28-10-19-1-20(11-28)3-21(2-19)12-28,32-29-13-22-4-23(14-29)6-24(5-22)15-29)33-30-16-25-7-26(17-30)9-27(8-25)18-30/h19-27H,1-18H2,(H3,31,32,33,34). The zero-order chi connectivity index (χ0) is 23.0. The van der Waals surface area contributed by atoms with Crippen molar-refractivity contribution in [2.75, 3.05) is 0 Å². The predicted octanol–water partition coefficient (Wildman–Crippen LogP) is 6.77. The van der Waals surface area contributed by atoms with Gasteiger partial charge in [-0.2, -0.15) is 0 Å². The first-order valence-corrected chi connectivity index (χ1v) is 17.5. The van der Waals surface area contributed by atoms with E-state index in [9.17, 15) is 0 Å². The summed E-state index contributed by atoms with van der Waals surface area (Å²) >= 11 is 0.